The molecule has 3 N–H and O–H groups in total. The molecule has 174 valence electrons. The summed E-state index contributed by atoms with van der Waals surface area (Å²) >= 11 is 1.80. The Morgan fingerprint density at radius 1 is 1.00 bits per heavy atom. The van der Waals surface area contributed by atoms with Gasteiger partial charge in [-0.05, 0) is 92.0 Å². The number of fused-ring (bicyclic) bond motifs is 1. The van der Waals surface area contributed by atoms with Crippen LogP contribution < -0.4 is 21.5 Å². The summed E-state index contributed by atoms with van der Waals surface area (Å²) in [7, 11) is 0. The van der Waals surface area contributed by atoms with E-state index in [9.17, 15) is 4.79 Å². The Bertz CT molecular complexity index is 1350. The highest BCUT2D eigenvalue weighted by Gasteiger charge is 2.27. The zero-order chi connectivity index (χ0) is 22.9. The van der Waals surface area contributed by atoms with Crippen molar-refractivity contribution in [2.24, 2.45) is 0 Å². The second-order valence-corrected chi connectivity index (χ2v) is 10.1. The van der Waals surface area contributed by atoms with Gasteiger partial charge in [-0.1, -0.05) is 0 Å². The molecule has 0 spiro atoms. The van der Waals surface area contributed by atoms with Crippen molar-refractivity contribution < 1.29 is 0 Å². The molecule has 34 heavy (non-hydrogen) atoms. The fourth-order valence-corrected chi connectivity index (χ4v) is 5.71. The summed E-state index contributed by atoms with van der Waals surface area (Å²) in [4.78, 5) is 23.4. The Kier molecular flexibility index (Phi) is 5.76. The molecule has 2 fully saturated rings. The van der Waals surface area contributed by atoms with E-state index < -0.39 is 0 Å². The lowest BCUT2D eigenvalue weighted by Gasteiger charge is -2.24. The summed E-state index contributed by atoms with van der Waals surface area (Å²) in [5.74, 6) is 1.15. The second-order valence-electron chi connectivity index (χ2n) is 9.19. The third-order valence-electron chi connectivity index (χ3n) is 6.63. The van der Waals surface area contributed by atoms with Crippen LogP contribution in [0.1, 0.15) is 42.0 Å². The lowest BCUT2D eigenvalue weighted by Crippen LogP contribution is -2.35. The van der Waals surface area contributed by atoms with Crippen LogP contribution in [0.25, 0.3) is 11.0 Å². The van der Waals surface area contributed by atoms with Crippen LogP contribution in [0, 0.1) is 0 Å². The maximum absolute atomic E-state index is 12.8. The molecular weight excluding hydrogens is 444 g/mol. The van der Waals surface area contributed by atoms with Gasteiger partial charge in [0.2, 0.25) is 5.95 Å². The maximum atomic E-state index is 12.8. The largest absolute Gasteiger partial charge is 0.382 e. The van der Waals surface area contributed by atoms with Gasteiger partial charge >= 0.3 is 0 Å². The Balaban J connectivity index is 1.23. The van der Waals surface area contributed by atoms with Crippen LogP contribution in [0.15, 0.2) is 58.8 Å². The molecule has 0 atom stereocenters. The van der Waals surface area contributed by atoms with E-state index in [-0.39, 0.29) is 5.56 Å². The molecule has 4 heterocycles. The zero-order valence-corrected chi connectivity index (χ0v) is 19.8. The highest BCUT2D eigenvalue weighted by Crippen LogP contribution is 2.44. The quantitative estimate of drug-likeness (QED) is 0.362. The summed E-state index contributed by atoms with van der Waals surface area (Å²) in [6.07, 6.45) is 6.56. The first-order chi connectivity index (χ1) is 16.7. The number of nitrogens with one attached hydrogen (secondary N) is 3. The van der Waals surface area contributed by atoms with E-state index in [0.717, 1.165) is 42.7 Å². The number of nitrogens with zero attached hydrogens (tertiary/aromatic N) is 3. The number of piperidine rings is 1. The molecule has 1 saturated carbocycles. The number of benzene rings is 1. The standard InChI is InChI=1S/C26H28N6OS/c33-23-8-3-18-15-28-26(30-21-6-4-20(5-7-21)29-22-9-12-27-13-10-22)31-25(18)32(23)16-19-11-14-34-24(19)17-1-2-17/h3-8,11,14-15,17,22,27,29H,1-2,9-10,12-13,16H2,(H,28,30,31). The Morgan fingerprint density at radius 2 is 1.79 bits per heavy atom. The average Bonchev–Trinajstić information content (AvgIpc) is 3.61. The van der Waals surface area contributed by atoms with E-state index in [4.69, 9.17) is 4.98 Å². The molecule has 1 saturated heterocycles. The van der Waals surface area contributed by atoms with Crippen molar-refractivity contribution in [2.75, 3.05) is 23.7 Å². The second kappa shape index (κ2) is 9.19. The molecule has 2 aliphatic rings. The number of hydrogen-bond donors (Lipinski definition) is 3. The first-order valence-electron chi connectivity index (χ1n) is 12.0. The van der Waals surface area contributed by atoms with E-state index in [1.165, 1.54) is 23.3 Å². The van der Waals surface area contributed by atoms with Crippen molar-refractivity contribution >= 4 is 39.7 Å². The highest BCUT2D eigenvalue weighted by atomic mass is 32.1. The molecule has 1 aliphatic carbocycles. The molecule has 1 aliphatic heterocycles. The smallest absolute Gasteiger partial charge is 0.252 e. The van der Waals surface area contributed by atoms with Crippen LogP contribution in [-0.4, -0.2) is 33.7 Å². The number of pyridine rings is 1. The van der Waals surface area contributed by atoms with Gasteiger partial charge in [-0.15, -0.1) is 11.3 Å². The van der Waals surface area contributed by atoms with Crippen LogP contribution in [0.4, 0.5) is 17.3 Å². The fourth-order valence-electron chi connectivity index (χ4n) is 4.62. The summed E-state index contributed by atoms with van der Waals surface area (Å²) in [5, 5.41) is 13.3. The molecule has 7 nitrogen and oxygen atoms in total. The monoisotopic (exact) mass is 472 g/mol. The zero-order valence-electron chi connectivity index (χ0n) is 19.0. The van der Waals surface area contributed by atoms with Crippen LogP contribution in [0.2, 0.25) is 0 Å². The molecule has 8 heteroatoms. The fraction of sp³-hybridized carbons (Fsp3) is 0.346. The lowest BCUT2D eigenvalue weighted by atomic mass is 10.1. The molecule has 6 rings (SSSR count). The van der Waals surface area contributed by atoms with Gasteiger partial charge in [-0.3, -0.25) is 9.36 Å². The van der Waals surface area contributed by atoms with Crippen molar-refractivity contribution in [3.63, 3.8) is 0 Å². The normalized spacial score (nSPS) is 16.6. The SMILES string of the molecule is O=c1ccc2cnc(Nc3ccc(NC4CCNCC4)cc3)nc2n1Cc1ccsc1C1CC1. The van der Waals surface area contributed by atoms with E-state index in [0.29, 0.717) is 30.1 Å². The van der Waals surface area contributed by atoms with E-state index >= 15 is 0 Å². The summed E-state index contributed by atoms with van der Waals surface area (Å²) < 4.78 is 1.77. The van der Waals surface area contributed by atoms with Gasteiger partial charge in [0.05, 0.1) is 6.54 Å². The molecule has 0 bridgehead atoms. The van der Waals surface area contributed by atoms with Crippen molar-refractivity contribution in [3.8, 4) is 0 Å². The van der Waals surface area contributed by atoms with Gasteiger partial charge in [0, 0.05) is 39.9 Å². The topological polar surface area (TPSA) is 83.9 Å². The Morgan fingerprint density at radius 3 is 2.59 bits per heavy atom. The minimum Gasteiger partial charge on any atom is -0.382 e. The van der Waals surface area contributed by atoms with Crippen LogP contribution in [0.5, 0.6) is 0 Å². The number of hydrogen-bond acceptors (Lipinski definition) is 7. The van der Waals surface area contributed by atoms with Gasteiger partial charge < -0.3 is 16.0 Å². The first kappa shape index (κ1) is 21.3. The minimum atomic E-state index is -0.0431. The molecular formula is C26H28N6OS. The van der Waals surface area contributed by atoms with Crippen molar-refractivity contribution in [3.05, 3.63) is 74.8 Å². The summed E-state index contributed by atoms with van der Waals surface area (Å²) in [6.45, 7) is 2.67. The minimum absolute atomic E-state index is 0.0431. The van der Waals surface area contributed by atoms with E-state index in [2.05, 4.69) is 44.5 Å². The third-order valence-corrected chi connectivity index (χ3v) is 7.75. The van der Waals surface area contributed by atoms with Crippen LogP contribution in [0.3, 0.4) is 0 Å². The van der Waals surface area contributed by atoms with Gasteiger partial charge in [0.15, 0.2) is 0 Å². The lowest BCUT2D eigenvalue weighted by molar-refractivity contribution is 0.479. The maximum Gasteiger partial charge on any atom is 0.252 e. The third kappa shape index (κ3) is 4.56. The Hall–Kier alpha value is -3.23. The number of anilines is 3. The molecule has 0 unspecified atom stereocenters. The van der Waals surface area contributed by atoms with Crippen LogP contribution in [-0.2, 0) is 6.54 Å². The highest BCUT2D eigenvalue weighted by molar-refractivity contribution is 7.10. The van der Waals surface area contributed by atoms with Gasteiger partial charge in [0.25, 0.3) is 5.56 Å². The van der Waals surface area contributed by atoms with Crippen molar-refractivity contribution in [2.45, 2.75) is 44.2 Å². The predicted molar refractivity (Wildman–Crippen MR) is 138 cm³/mol. The van der Waals surface area contributed by atoms with Crippen molar-refractivity contribution in [1.29, 1.82) is 0 Å². The molecule has 1 aromatic carbocycles. The van der Waals surface area contributed by atoms with Gasteiger partial charge in [0.1, 0.15) is 5.65 Å². The molecule has 0 amide bonds. The average molecular weight is 473 g/mol. The van der Waals surface area contributed by atoms with E-state index in [1.54, 1.807) is 34.2 Å². The molecule has 4 aromatic rings. The number of thiophene rings is 1. The predicted octanol–water partition coefficient (Wildman–Crippen LogP) is 4.69. The summed E-state index contributed by atoms with van der Waals surface area (Å²) in [6, 6.07) is 14.3. The first-order valence-corrected chi connectivity index (χ1v) is 12.9. The van der Waals surface area contributed by atoms with Crippen LogP contribution >= 0.6 is 11.3 Å². The number of aromatic nitrogens is 3. The van der Waals surface area contributed by atoms with Crippen molar-refractivity contribution in [1.82, 2.24) is 19.9 Å². The van der Waals surface area contributed by atoms with Gasteiger partial charge in [-0.2, -0.15) is 4.98 Å². The summed E-state index contributed by atoms with van der Waals surface area (Å²) in [5.41, 5.74) is 3.87. The van der Waals surface area contributed by atoms with Gasteiger partial charge in [-0.25, -0.2) is 4.98 Å². The molecule has 3 aromatic heterocycles. The Labute approximate surface area is 202 Å². The molecule has 0 radical (unpaired) electrons. The number of rotatable bonds is 7. The van der Waals surface area contributed by atoms with E-state index in [1.807, 2.05) is 12.1 Å².